The number of guanidine groups is 1. The maximum atomic E-state index is 12.9. The van der Waals surface area contributed by atoms with E-state index in [2.05, 4.69) is 25.9 Å². The van der Waals surface area contributed by atoms with E-state index in [4.69, 9.17) is 4.74 Å². The van der Waals surface area contributed by atoms with Gasteiger partial charge < -0.3 is 20.7 Å². The molecule has 1 aromatic carbocycles. The number of anilines is 1. The third-order valence-corrected chi connectivity index (χ3v) is 3.38. The van der Waals surface area contributed by atoms with E-state index in [-0.39, 0.29) is 48.3 Å². The van der Waals surface area contributed by atoms with Gasteiger partial charge in [0.1, 0.15) is 24.2 Å². The first-order valence-electron chi connectivity index (χ1n) is 8.71. The molecule has 3 N–H and O–H groups in total. The number of rotatable bonds is 8. The van der Waals surface area contributed by atoms with Gasteiger partial charge in [-0.05, 0) is 50.2 Å². The molecule has 0 spiro atoms. The highest BCUT2D eigenvalue weighted by Crippen LogP contribution is 2.12. The van der Waals surface area contributed by atoms with Crippen LogP contribution >= 0.6 is 24.0 Å². The van der Waals surface area contributed by atoms with E-state index in [1.807, 2.05) is 13.8 Å². The average molecular weight is 501 g/mol. The molecule has 0 saturated heterocycles. The van der Waals surface area contributed by atoms with Crippen molar-refractivity contribution in [2.45, 2.75) is 20.0 Å². The van der Waals surface area contributed by atoms with Crippen LogP contribution in [-0.4, -0.2) is 42.6 Å². The molecular weight excluding hydrogens is 476 g/mol. The molecule has 28 heavy (non-hydrogen) atoms. The molecule has 2 rings (SSSR count). The summed E-state index contributed by atoms with van der Waals surface area (Å²) in [4.78, 5) is 20.2. The van der Waals surface area contributed by atoms with Gasteiger partial charge >= 0.3 is 0 Å². The van der Waals surface area contributed by atoms with Crippen molar-refractivity contribution in [1.82, 2.24) is 15.6 Å². The summed E-state index contributed by atoms with van der Waals surface area (Å²) in [6.07, 6.45) is 3.03. The molecule has 9 heteroatoms. The second kappa shape index (κ2) is 12.9. The predicted molar refractivity (Wildman–Crippen MR) is 119 cm³/mol. The first-order chi connectivity index (χ1) is 13.1. The Labute approximate surface area is 181 Å². The summed E-state index contributed by atoms with van der Waals surface area (Å²) >= 11 is 0. The van der Waals surface area contributed by atoms with Gasteiger partial charge in [0.25, 0.3) is 0 Å². The molecule has 1 heterocycles. The Morgan fingerprint density at radius 2 is 2.00 bits per heavy atom. The number of hydrogen-bond donors (Lipinski definition) is 3. The molecule has 0 saturated carbocycles. The largest absolute Gasteiger partial charge is 0.489 e. The van der Waals surface area contributed by atoms with Crippen LogP contribution in [0.2, 0.25) is 0 Å². The predicted octanol–water partition coefficient (Wildman–Crippen LogP) is 2.80. The Kier molecular flexibility index (Phi) is 10.8. The summed E-state index contributed by atoms with van der Waals surface area (Å²) < 4.78 is 18.6. The average Bonchev–Trinajstić information content (AvgIpc) is 2.66. The standard InChI is InChI=1S/C19H24FN5O2.HI/c1-3-22-19(24-13-18(26)25-16-5-4-10-21-12-16)23-11-14(2)27-17-8-6-15(20)7-9-17;/h4-10,12,14H,3,11,13H2,1-2H3,(H,25,26)(H2,22,23,24);1H. The number of hydrogen-bond acceptors (Lipinski definition) is 4. The van der Waals surface area contributed by atoms with Crippen molar-refractivity contribution < 1.29 is 13.9 Å². The third-order valence-electron chi connectivity index (χ3n) is 3.38. The third kappa shape index (κ3) is 8.98. The number of pyridine rings is 1. The highest BCUT2D eigenvalue weighted by atomic mass is 127. The van der Waals surface area contributed by atoms with Crippen LogP contribution < -0.4 is 20.7 Å². The van der Waals surface area contributed by atoms with Gasteiger partial charge in [-0.2, -0.15) is 0 Å². The normalized spacial score (nSPS) is 11.8. The van der Waals surface area contributed by atoms with E-state index in [0.717, 1.165) is 0 Å². The first kappa shape index (κ1) is 23.6. The molecule has 0 aliphatic rings. The highest BCUT2D eigenvalue weighted by Gasteiger charge is 2.07. The maximum absolute atomic E-state index is 12.9. The van der Waals surface area contributed by atoms with Gasteiger partial charge in [-0.1, -0.05) is 0 Å². The Morgan fingerprint density at radius 3 is 2.64 bits per heavy atom. The van der Waals surface area contributed by atoms with Crippen molar-refractivity contribution in [3.63, 3.8) is 0 Å². The molecular formula is C19H25FIN5O2. The molecule has 0 aliphatic heterocycles. The lowest BCUT2D eigenvalue weighted by molar-refractivity contribution is -0.114. The van der Waals surface area contributed by atoms with E-state index < -0.39 is 0 Å². The molecule has 0 fully saturated rings. The second-order valence-corrected chi connectivity index (χ2v) is 5.75. The molecule has 7 nitrogen and oxygen atoms in total. The zero-order valence-electron chi connectivity index (χ0n) is 15.8. The van der Waals surface area contributed by atoms with Crippen molar-refractivity contribution >= 4 is 41.5 Å². The summed E-state index contributed by atoms with van der Waals surface area (Å²) in [6, 6.07) is 9.35. The van der Waals surface area contributed by atoms with Gasteiger partial charge in [0.05, 0.1) is 18.4 Å². The van der Waals surface area contributed by atoms with E-state index in [9.17, 15) is 9.18 Å². The summed E-state index contributed by atoms with van der Waals surface area (Å²) in [6.45, 7) is 4.91. The van der Waals surface area contributed by atoms with Gasteiger partial charge in [-0.15, -0.1) is 24.0 Å². The monoisotopic (exact) mass is 501 g/mol. The SMILES string of the molecule is CCNC(=NCC(=O)Nc1cccnc1)NCC(C)Oc1ccc(F)cc1.I. The number of halogens is 2. The topological polar surface area (TPSA) is 87.6 Å². The van der Waals surface area contributed by atoms with Crippen LogP contribution in [0.1, 0.15) is 13.8 Å². The van der Waals surface area contributed by atoms with E-state index in [1.54, 1.807) is 36.7 Å². The minimum atomic E-state index is -0.306. The Morgan fingerprint density at radius 1 is 1.25 bits per heavy atom. The summed E-state index contributed by atoms with van der Waals surface area (Å²) in [5, 5.41) is 8.91. The van der Waals surface area contributed by atoms with Crippen LogP contribution in [-0.2, 0) is 4.79 Å². The quantitative estimate of drug-likeness (QED) is 0.294. The molecule has 1 atom stereocenters. The van der Waals surface area contributed by atoms with Crippen molar-refractivity contribution in [2.75, 3.05) is 25.0 Å². The van der Waals surface area contributed by atoms with Crippen molar-refractivity contribution in [1.29, 1.82) is 0 Å². The highest BCUT2D eigenvalue weighted by molar-refractivity contribution is 14.0. The Hall–Kier alpha value is -2.43. The van der Waals surface area contributed by atoms with Crippen molar-refractivity contribution in [3.8, 4) is 5.75 Å². The van der Waals surface area contributed by atoms with Crippen LogP contribution in [0.3, 0.4) is 0 Å². The number of nitrogens with zero attached hydrogens (tertiary/aromatic N) is 2. The number of benzene rings is 1. The molecule has 1 unspecified atom stereocenters. The lowest BCUT2D eigenvalue weighted by Gasteiger charge is -2.17. The van der Waals surface area contributed by atoms with Crippen LogP contribution in [0.4, 0.5) is 10.1 Å². The van der Waals surface area contributed by atoms with Gasteiger partial charge in [0.15, 0.2) is 5.96 Å². The lowest BCUT2D eigenvalue weighted by atomic mass is 10.3. The second-order valence-electron chi connectivity index (χ2n) is 5.75. The molecule has 2 aromatic rings. The fourth-order valence-corrected chi connectivity index (χ4v) is 2.16. The van der Waals surface area contributed by atoms with Gasteiger partial charge in [0, 0.05) is 12.7 Å². The van der Waals surface area contributed by atoms with Gasteiger partial charge in [0.2, 0.25) is 5.91 Å². The minimum absolute atomic E-state index is 0. The van der Waals surface area contributed by atoms with Crippen LogP contribution in [0.5, 0.6) is 5.75 Å². The fourth-order valence-electron chi connectivity index (χ4n) is 2.16. The molecule has 0 radical (unpaired) electrons. The summed E-state index contributed by atoms with van der Waals surface area (Å²) in [5.74, 6) is 0.548. The van der Waals surface area contributed by atoms with E-state index in [0.29, 0.717) is 30.5 Å². The minimum Gasteiger partial charge on any atom is -0.489 e. The summed E-state index contributed by atoms with van der Waals surface area (Å²) in [5.41, 5.74) is 0.622. The van der Waals surface area contributed by atoms with Gasteiger partial charge in [-0.25, -0.2) is 9.38 Å². The smallest absolute Gasteiger partial charge is 0.246 e. The number of aliphatic imine (C=N–C) groups is 1. The van der Waals surface area contributed by atoms with Gasteiger partial charge in [-0.3, -0.25) is 9.78 Å². The molecule has 1 amide bonds. The molecule has 0 bridgehead atoms. The molecule has 1 aromatic heterocycles. The number of carbonyl (C=O) groups excluding carboxylic acids is 1. The van der Waals surface area contributed by atoms with Crippen molar-refractivity contribution in [3.05, 3.63) is 54.6 Å². The van der Waals surface area contributed by atoms with E-state index >= 15 is 0 Å². The Bertz CT molecular complexity index is 744. The maximum Gasteiger partial charge on any atom is 0.246 e. The lowest BCUT2D eigenvalue weighted by Crippen LogP contribution is -2.42. The van der Waals surface area contributed by atoms with Crippen LogP contribution in [0.15, 0.2) is 53.8 Å². The Balaban J connectivity index is 0.00000392. The fraction of sp³-hybridized carbons (Fsp3) is 0.316. The van der Waals surface area contributed by atoms with E-state index in [1.165, 1.54) is 12.1 Å². The number of carbonyl (C=O) groups is 1. The number of amides is 1. The number of aromatic nitrogens is 1. The molecule has 152 valence electrons. The van der Waals surface area contributed by atoms with Crippen LogP contribution in [0, 0.1) is 5.82 Å². The summed E-state index contributed by atoms with van der Waals surface area (Å²) in [7, 11) is 0. The molecule has 0 aliphatic carbocycles. The number of nitrogens with one attached hydrogen (secondary N) is 3. The first-order valence-corrected chi connectivity index (χ1v) is 8.71. The zero-order chi connectivity index (χ0) is 19.5. The zero-order valence-corrected chi connectivity index (χ0v) is 18.1. The van der Waals surface area contributed by atoms with Crippen molar-refractivity contribution in [2.24, 2.45) is 4.99 Å². The van der Waals surface area contributed by atoms with Crippen LogP contribution in [0.25, 0.3) is 0 Å². The number of ether oxygens (including phenoxy) is 1.